The quantitative estimate of drug-likeness (QED) is 0.922. The van der Waals surface area contributed by atoms with Crippen molar-refractivity contribution < 1.29 is 14.1 Å². The van der Waals surface area contributed by atoms with E-state index >= 15 is 0 Å². The molecule has 2 aromatic rings. The summed E-state index contributed by atoms with van der Waals surface area (Å²) in [4.78, 5) is 11.3. The molecule has 0 aliphatic rings. The maximum atomic E-state index is 12.2. The molecule has 0 amide bonds. The van der Waals surface area contributed by atoms with Crippen LogP contribution in [0.5, 0.6) is 0 Å². The average Bonchev–Trinajstić information content (AvgIpc) is 2.43. The first kappa shape index (κ1) is 15.0. The van der Waals surface area contributed by atoms with E-state index in [1.165, 1.54) is 24.3 Å². The molecule has 2 rings (SSSR count). The van der Waals surface area contributed by atoms with Gasteiger partial charge in [-0.15, -0.1) is 0 Å². The van der Waals surface area contributed by atoms with Gasteiger partial charge in [-0.2, -0.15) is 0 Å². The van der Waals surface area contributed by atoms with Crippen molar-refractivity contribution in [2.45, 2.75) is 10.6 Å². The number of rotatable bonds is 4. The molecule has 1 unspecified atom stereocenters. The lowest BCUT2D eigenvalue weighted by molar-refractivity contribution is 0.0697. The van der Waals surface area contributed by atoms with Gasteiger partial charge < -0.3 is 5.11 Å². The molecule has 0 fully saturated rings. The van der Waals surface area contributed by atoms with Gasteiger partial charge in [0.05, 0.1) is 22.1 Å². The minimum atomic E-state index is -1.31. The molecule has 0 radical (unpaired) electrons. The van der Waals surface area contributed by atoms with Crippen LogP contribution in [-0.4, -0.2) is 15.3 Å². The van der Waals surface area contributed by atoms with Crippen LogP contribution in [0.2, 0.25) is 10.0 Å². The van der Waals surface area contributed by atoms with Crippen molar-refractivity contribution in [2.75, 3.05) is 0 Å². The molecular weight excluding hydrogens is 319 g/mol. The molecule has 2 aromatic carbocycles. The van der Waals surface area contributed by atoms with Crippen LogP contribution in [0.15, 0.2) is 47.4 Å². The van der Waals surface area contributed by atoms with Gasteiger partial charge in [-0.3, -0.25) is 4.21 Å². The topological polar surface area (TPSA) is 54.4 Å². The molecule has 0 saturated heterocycles. The monoisotopic (exact) mass is 328 g/mol. The second-order valence-corrected chi connectivity index (χ2v) is 6.35. The number of carboxylic acid groups (broad SMARTS) is 1. The predicted molar refractivity (Wildman–Crippen MR) is 80.0 cm³/mol. The third-order valence-corrected chi connectivity index (χ3v) is 4.63. The Labute approximate surface area is 128 Å². The summed E-state index contributed by atoms with van der Waals surface area (Å²) in [5.74, 6) is -0.786. The zero-order valence-corrected chi connectivity index (χ0v) is 12.5. The Morgan fingerprint density at radius 2 is 1.75 bits per heavy atom. The Kier molecular flexibility index (Phi) is 4.81. The predicted octanol–water partition coefficient (Wildman–Crippen LogP) is 4.00. The van der Waals surface area contributed by atoms with Crippen molar-refractivity contribution in [3.63, 3.8) is 0 Å². The van der Waals surface area contributed by atoms with Gasteiger partial charge in [-0.1, -0.05) is 23.2 Å². The number of hydrogen-bond acceptors (Lipinski definition) is 2. The zero-order valence-electron chi connectivity index (χ0n) is 10.2. The van der Waals surface area contributed by atoms with E-state index in [9.17, 15) is 9.00 Å². The third-order valence-electron chi connectivity index (χ3n) is 2.66. The Morgan fingerprint density at radius 3 is 2.35 bits per heavy atom. The standard InChI is InChI=1S/C14H10Cl2O3S/c15-11-3-6-13(16)10(7-11)8-20(19)12-4-1-9(2-5-12)14(17)18/h1-7H,8H2,(H,17,18). The number of carboxylic acids is 1. The molecule has 0 heterocycles. The average molecular weight is 329 g/mol. The van der Waals surface area contributed by atoms with Crippen LogP contribution in [0.3, 0.4) is 0 Å². The molecule has 104 valence electrons. The highest BCUT2D eigenvalue weighted by Crippen LogP contribution is 2.23. The van der Waals surface area contributed by atoms with Crippen LogP contribution < -0.4 is 0 Å². The highest BCUT2D eigenvalue weighted by molar-refractivity contribution is 7.84. The molecule has 0 bridgehead atoms. The van der Waals surface area contributed by atoms with E-state index in [0.717, 1.165) is 0 Å². The lowest BCUT2D eigenvalue weighted by Gasteiger charge is -2.06. The first-order chi connectivity index (χ1) is 9.47. The van der Waals surface area contributed by atoms with Crippen LogP contribution >= 0.6 is 23.2 Å². The van der Waals surface area contributed by atoms with Crippen LogP contribution in [0, 0.1) is 0 Å². The minimum absolute atomic E-state index is 0.159. The summed E-state index contributed by atoms with van der Waals surface area (Å²) < 4.78 is 12.2. The molecule has 0 aromatic heterocycles. The van der Waals surface area contributed by atoms with E-state index in [1.807, 2.05) is 0 Å². The largest absolute Gasteiger partial charge is 0.478 e. The van der Waals surface area contributed by atoms with Gasteiger partial charge in [0, 0.05) is 14.9 Å². The van der Waals surface area contributed by atoms with E-state index in [-0.39, 0.29) is 11.3 Å². The van der Waals surface area contributed by atoms with Crippen molar-refractivity contribution in [1.29, 1.82) is 0 Å². The van der Waals surface area contributed by atoms with Crippen LogP contribution in [0.1, 0.15) is 15.9 Å². The van der Waals surface area contributed by atoms with Crippen LogP contribution in [0.4, 0.5) is 0 Å². The second-order valence-electron chi connectivity index (χ2n) is 4.06. The molecule has 3 nitrogen and oxygen atoms in total. The van der Waals surface area contributed by atoms with E-state index in [1.54, 1.807) is 18.2 Å². The molecule has 1 atom stereocenters. The third kappa shape index (κ3) is 3.60. The smallest absolute Gasteiger partial charge is 0.335 e. The van der Waals surface area contributed by atoms with Gasteiger partial charge in [0.25, 0.3) is 0 Å². The van der Waals surface area contributed by atoms with Crippen molar-refractivity contribution in [2.24, 2.45) is 0 Å². The van der Waals surface area contributed by atoms with Crippen molar-refractivity contribution in [1.82, 2.24) is 0 Å². The van der Waals surface area contributed by atoms with Gasteiger partial charge in [0.2, 0.25) is 0 Å². The van der Waals surface area contributed by atoms with E-state index in [4.69, 9.17) is 28.3 Å². The highest BCUT2D eigenvalue weighted by Gasteiger charge is 2.10. The lowest BCUT2D eigenvalue weighted by Crippen LogP contribution is -2.00. The number of benzene rings is 2. The highest BCUT2D eigenvalue weighted by atomic mass is 35.5. The summed E-state index contributed by atoms with van der Waals surface area (Å²) in [5, 5.41) is 9.84. The fourth-order valence-corrected chi connectivity index (χ4v) is 3.21. The van der Waals surface area contributed by atoms with Gasteiger partial charge in [0.1, 0.15) is 0 Å². The first-order valence-corrected chi connectivity index (χ1v) is 7.70. The number of carbonyl (C=O) groups is 1. The van der Waals surface area contributed by atoms with E-state index in [2.05, 4.69) is 0 Å². The van der Waals surface area contributed by atoms with Crippen molar-refractivity contribution in [3.05, 3.63) is 63.6 Å². The zero-order chi connectivity index (χ0) is 14.7. The lowest BCUT2D eigenvalue weighted by atomic mass is 10.2. The molecule has 0 spiro atoms. The normalized spacial score (nSPS) is 12.1. The molecule has 6 heteroatoms. The SMILES string of the molecule is O=C(O)c1ccc(S(=O)Cc2cc(Cl)ccc2Cl)cc1. The maximum absolute atomic E-state index is 12.2. The number of hydrogen-bond donors (Lipinski definition) is 1. The molecule has 1 N–H and O–H groups in total. The van der Waals surface area contributed by atoms with Crippen molar-refractivity contribution >= 4 is 40.0 Å². The van der Waals surface area contributed by atoms with Gasteiger partial charge in [-0.05, 0) is 48.0 Å². The van der Waals surface area contributed by atoms with Gasteiger partial charge in [-0.25, -0.2) is 4.79 Å². The molecule has 0 aliphatic carbocycles. The van der Waals surface area contributed by atoms with E-state index < -0.39 is 16.8 Å². The Morgan fingerprint density at radius 1 is 1.10 bits per heavy atom. The van der Waals surface area contributed by atoms with Gasteiger partial charge in [0.15, 0.2) is 0 Å². The second kappa shape index (κ2) is 6.39. The van der Waals surface area contributed by atoms with Gasteiger partial charge >= 0.3 is 5.97 Å². The fraction of sp³-hybridized carbons (Fsp3) is 0.0714. The molecule has 0 saturated carbocycles. The first-order valence-electron chi connectivity index (χ1n) is 5.63. The number of halogens is 2. The molecular formula is C14H10Cl2O3S. The molecule has 0 aliphatic heterocycles. The summed E-state index contributed by atoms with van der Waals surface area (Å²) in [6, 6.07) is 10.9. The molecule has 20 heavy (non-hydrogen) atoms. The minimum Gasteiger partial charge on any atom is -0.478 e. The van der Waals surface area contributed by atoms with Crippen LogP contribution in [-0.2, 0) is 16.6 Å². The summed E-state index contributed by atoms with van der Waals surface area (Å²) >= 11 is 11.9. The summed E-state index contributed by atoms with van der Waals surface area (Å²) in [5.41, 5.74) is 0.853. The fourth-order valence-electron chi connectivity index (χ4n) is 1.63. The summed E-state index contributed by atoms with van der Waals surface area (Å²) in [7, 11) is -1.31. The van der Waals surface area contributed by atoms with Crippen molar-refractivity contribution in [3.8, 4) is 0 Å². The Hall–Kier alpha value is -1.36. The summed E-state index contributed by atoms with van der Waals surface area (Å²) in [6.07, 6.45) is 0. The van der Waals surface area contributed by atoms with Crippen LogP contribution in [0.25, 0.3) is 0 Å². The maximum Gasteiger partial charge on any atom is 0.335 e. The Bertz CT molecular complexity index is 669. The Balaban J connectivity index is 2.19. The van der Waals surface area contributed by atoms with E-state index in [0.29, 0.717) is 20.5 Å². The number of aromatic carboxylic acids is 1. The summed E-state index contributed by atoms with van der Waals surface area (Å²) in [6.45, 7) is 0.